The van der Waals surface area contributed by atoms with Gasteiger partial charge in [-0.15, -0.1) is 0 Å². The van der Waals surface area contributed by atoms with Crippen LogP contribution in [0.1, 0.15) is 12.8 Å². The van der Waals surface area contributed by atoms with Crippen LogP contribution < -0.4 is 5.73 Å². The monoisotopic (exact) mass is 139 g/mol. The lowest BCUT2D eigenvalue weighted by Crippen LogP contribution is -2.39. The predicted molar refractivity (Wildman–Crippen MR) is 37.4 cm³/mol. The molecule has 1 heterocycles. The molecule has 1 aliphatic heterocycles. The molecule has 1 saturated heterocycles. The maximum atomic E-state index is 5.98. The minimum Gasteiger partial charge on any atom is -0.376 e. The van der Waals surface area contributed by atoms with E-state index in [0.29, 0.717) is 12.1 Å². The molecule has 2 aliphatic carbocycles. The van der Waals surface area contributed by atoms with Crippen molar-refractivity contribution in [2.45, 2.75) is 25.0 Å². The Hall–Kier alpha value is -0.0800. The molecule has 3 aliphatic rings. The van der Waals surface area contributed by atoms with E-state index in [0.717, 1.165) is 24.4 Å². The van der Waals surface area contributed by atoms with Crippen LogP contribution in [0.2, 0.25) is 0 Å². The van der Waals surface area contributed by atoms with E-state index in [9.17, 15) is 0 Å². The van der Waals surface area contributed by atoms with Crippen molar-refractivity contribution in [3.05, 3.63) is 0 Å². The molecule has 0 aromatic carbocycles. The summed E-state index contributed by atoms with van der Waals surface area (Å²) in [7, 11) is 0. The lowest BCUT2D eigenvalue weighted by Gasteiger charge is -2.22. The first-order valence-corrected chi connectivity index (χ1v) is 4.23. The highest BCUT2D eigenvalue weighted by Gasteiger charge is 2.55. The van der Waals surface area contributed by atoms with Crippen LogP contribution in [0, 0.1) is 17.8 Å². The SMILES string of the molecule is N[C@@H]1[C@H]2C[C@H]3CO[C@H]1[C@H]3C2. The molecule has 0 spiro atoms. The maximum absolute atomic E-state index is 5.98. The number of fused-ring (bicyclic) bond motifs is 1. The van der Waals surface area contributed by atoms with Crippen LogP contribution in [-0.4, -0.2) is 18.8 Å². The van der Waals surface area contributed by atoms with Gasteiger partial charge in [0.2, 0.25) is 0 Å². The normalized spacial score (nSPS) is 63.9. The summed E-state index contributed by atoms with van der Waals surface area (Å²) in [6, 6.07) is 0.378. The Morgan fingerprint density at radius 1 is 1.20 bits per heavy atom. The molecular formula is C8H13NO. The maximum Gasteiger partial charge on any atom is 0.0760 e. The molecule has 10 heavy (non-hydrogen) atoms. The zero-order chi connectivity index (χ0) is 6.72. The topological polar surface area (TPSA) is 35.2 Å². The van der Waals surface area contributed by atoms with Crippen molar-refractivity contribution >= 4 is 0 Å². The van der Waals surface area contributed by atoms with Crippen molar-refractivity contribution in [2.24, 2.45) is 23.5 Å². The van der Waals surface area contributed by atoms with Gasteiger partial charge in [0.1, 0.15) is 0 Å². The minimum absolute atomic E-state index is 0.378. The van der Waals surface area contributed by atoms with Crippen molar-refractivity contribution in [3.8, 4) is 0 Å². The highest BCUT2D eigenvalue weighted by atomic mass is 16.5. The van der Waals surface area contributed by atoms with Crippen molar-refractivity contribution < 1.29 is 4.74 Å². The van der Waals surface area contributed by atoms with Crippen molar-refractivity contribution in [1.82, 2.24) is 0 Å². The number of ether oxygens (including phenoxy) is 1. The third-order valence-corrected chi connectivity index (χ3v) is 3.63. The quantitative estimate of drug-likeness (QED) is 0.526. The summed E-state index contributed by atoms with van der Waals surface area (Å²) < 4.78 is 5.62. The second-order valence-electron chi connectivity index (χ2n) is 4.03. The second-order valence-corrected chi connectivity index (χ2v) is 4.03. The Labute approximate surface area is 60.7 Å². The van der Waals surface area contributed by atoms with E-state index in [1.807, 2.05) is 0 Å². The minimum atomic E-state index is 0.378. The van der Waals surface area contributed by atoms with E-state index in [4.69, 9.17) is 10.5 Å². The molecule has 0 aromatic rings. The Balaban J connectivity index is 2.00. The standard InChI is InChI=1S/C8H13NO/c9-7-4-1-5-3-10-8(7)6(5)2-4/h4-8H,1-3,9H2/t4-,5-,6-,7+,8-/m0/s1. The van der Waals surface area contributed by atoms with Crippen LogP contribution in [0.25, 0.3) is 0 Å². The van der Waals surface area contributed by atoms with Gasteiger partial charge in [-0.1, -0.05) is 0 Å². The van der Waals surface area contributed by atoms with Gasteiger partial charge in [0.25, 0.3) is 0 Å². The molecule has 2 N–H and O–H groups in total. The Kier molecular flexibility index (Phi) is 0.868. The summed E-state index contributed by atoms with van der Waals surface area (Å²) in [6.07, 6.45) is 3.16. The van der Waals surface area contributed by atoms with Gasteiger partial charge in [0, 0.05) is 6.04 Å². The second kappa shape index (κ2) is 1.56. The number of hydrogen-bond donors (Lipinski definition) is 1. The van der Waals surface area contributed by atoms with E-state index < -0.39 is 0 Å². The molecule has 3 fully saturated rings. The van der Waals surface area contributed by atoms with Gasteiger partial charge in [-0.25, -0.2) is 0 Å². The molecule has 5 atom stereocenters. The average molecular weight is 139 g/mol. The molecule has 0 unspecified atom stereocenters. The summed E-state index contributed by atoms with van der Waals surface area (Å²) in [6.45, 7) is 1.000. The third-order valence-electron chi connectivity index (χ3n) is 3.63. The summed E-state index contributed by atoms with van der Waals surface area (Å²) in [5.74, 6) is 2.54. The molecule has 0 radical (unpaired) electrons. The molecular weight excluding hydrogens is 126 g/mol. The molecule has 56 valence electrons. The lowest BCUT2D eigenvalue weighted by atomic mass is 9.87. The van der Waals surface area contributed by atoms with Gasteiger partial charge in [0.15, 0.2) is 0 Å². The molecule has 0 amide bonds. The van der Waals surface area contributed by atoms with Crippen LogP contribution in [-0.2, 0) is 4.74 Å². The third kappa shape index (κ3) is 0.453. The summed E-state index contributed by atoms with van der Waals surface area (Å²) >= 11 is 0. The van der Waals surface area contributed by atoms with Crippen LogP contribution >= 0.6 is 0 Å². The highest BCUT2D eigenvalue weighted by molar-refractivity contribution is 5.07. The molecule has 3 rings (SSSR count). The number of hydrogen-bond acceptors (Lipinski definition) is 2. The van der Waals surface area contributed by atoms with Gasteiger partial charge < -0.3 is 10.5 Å². The van der Waals surface area contributed by atoms with Gasteiger partial charge >= 0.3 is 0 Å². The van der Waals surface area contributed by atoms with Crippen LogP contribution in [0.4, 0.5) is 0 Å². The highest BCUT2D eigenvalue weighted by Crippen LogP contribution is 2.52. The summed E-state index contributed by atoms with van der Waals surface area (Å²) in [5, 5.41) is 0. The summed E-state index contributed by atoms with van der Waals surface area (Å²) in [4.78, 5) is 0. The zero-order valence-corrected chi connectivity index (χ0v) is 5.99. The van der Waals surface area contributed by atoms with Crippen molar-refractivity contribution in [2.75, 3.05) is 6.61 Å². The predicted octanol–water partition coefficient (Wildman–Crippen LogP) is 0.368. The first kappa shape index (κ1) is 5.56. The first-order valence-electron chi connectivity index (χ1n) is 4.23. The fraction of sp³-hybridized carbons (Fsp3) is 1.00. The molecule has 2 bridgehead atoms. The van der Waals surface area contributed by atoms with E-state index in [-0.39, 0.29) is 0 Å². The van der Waals surface area contributed by atoms with E-state index in [2.05, 4.69) is 0 Å². The van der Waals surface area contributed by atoms with Crippen LogP contribution in [0.5, 0.6) is 0 Å². The summed E-state index contributed by atoms with van der Waals surface area (Å²) in [5.41, 5.74) is 5.98. The largest absolute Gasteiger partial charge is 0.376 e. The molecule has 0 aromatic heterocycles. The van der Waals surface area contributed by atoms with E-state index >= 15 is 0 Å². The Bertz CT molecular complexity index is 169. The fourth-order valence-electron chi connectivity index (χ4n) is 3.13. The Morgan fingerprint density at radius 3 is 2.80 bits per heavy atom. The van der Waals surface area contributed by atoms with Gasteiger partial charge in [-0.3, -0.25) is 0 Å². The molecule has 2 nitrogen and oxygen atoms in total. The van der Waals surface area contributed by atoms with Crippen molar-refractivity contribution in [3.63, 3.8) is 0 Å². The van der Waals surface area contributed by atoms with E-state index in [1.165, 1.54) is 12.8 Å². The lowest BCUT2D eigenvalue weighted by molar-refractivity contribution is 0.0879. The molecule has 2 saturated carbocycles. The van der Waals surface area contributed by atoms with Gasteiger partial charge in [0.05, 0.1) is 12.7 Å². The average Bonchev–Trinajstić information content (AvgIpc) is 2.43. The first-order chi connectivity index (χ1) is 4.86. The van der Waals surface area contributed by atoms with Crippen LogP contribution in [0.3, 0.4) is 0 Å². The zero-order valence-electron chi connectivity index (χ0n) is 5.99. The van der Waals surface area contributed by atoms with Gasteiger partial charge in [-0.2, -0.15) is 0 Å². The molecule has 2 heteroatoms. The van der Waals surface area contributed by atoms with Gasteiger partial charge in [-0.05, 0) is 30.6 Å². The number of nitrogens with two attached hydrogens (primary N) is 1. The van der Waals surface area contributed by atoms with Crippen LogP contribution in [0.15, 0.2) is 0 Å². The van der Waals surface area contributed by atoms with E-state index in [1.54, 1.807) is 0 Å². The number of rotatable bonds is 0. The Morgan fingerprint density at radius 2 is 2.10 bits per heavy atom. The smallest absolute Gasteiger partial charge is 0.0760 e. The fourth-order valence-corrected chi connectivity index (χ4v) is 3.13. The van der Waals surface area contributed by atoms with Crippen molar-refractivity contribution in [1.29, 1.82) is 0 Å².